The van der Waals surface area contributed by atoms with Gasteiger partial charge >= 0.3 is 0 Å². The molecule has 1 atom stereocenters. The Kier molecular flexibility index (Phi) is 4.35. The second-order valence-electron chi connectivity index (χ2n) is 3.60. The van der Waals surface area contributed by atoms with Crippen LogP contribution in [0.1, 0.15) is 6.42 Å². The van der Waals surface area contributed by atoms with Crippen molar-refractivity contribution in [3.8, 4) is 0 Å². The number of nitrogen functional groups attached to an aromatic ring is 1. The molecule has 0 bridgehead atoms. The quantitative estimate of drug-likeness (QED) is 0.670. The maximum atomic E-state index is 5.92. The molecule has 1 unspecified atom stereocenters. The first-order valence-electron chi connectivity index (χ1n) is 5.13. The molecule has 1 aromatic carbocycles. The monoisotopic (exact) mass is 259 g/mol. The smallest absolute Gasteiger partial charge is 0.147 e. The van der Waals surface area contributed by atoms with Gasteiger partial charge in [0.25, 0.3) is 0 Å². The van der Waals surface area contributed by atoms with E-state index >= 15 is 0 Å². The number of benzene rings is 1. The first kappa shape index (κ1) is 12.0. The van der Waals surface area contributed by atoms with E-state index in [1.807, 2.05) is 12.1 Å². The van der Waals surface area contributed by atoms with Gasteiger partial charge in [0.05, 0.1) is 12.7 Å². The van der Waals surface area contributed by atoms with Gasteiger partial charge in [-0.3, -0.25) is 0 Å². The predicted molar refractivity (Wildman–Crippen MR) is 66.9 cm³/mol. The standard InChI is InChI=1S/C11H14ClNO2S/c12-8-1-2-10(13)11(5-8)16-6-9-3-4-14-7-15-9/h1-2,5,9H,3-4,6-7,13H2. The van der Waals surface area contributed by atoms with Crippen molar-refractivity contribution < 1.29 is 9.47 Å². The van der Waals surface area contributed by atoms with Gasteiger partial charge in [-0.15, -0.1) is 11.8 Å². The maximum absolute atomic E-state index is 5.92. The third kappa shape index (κ3) is 3.28. The molecule has 0 aliphatic carbocycles. The average molecular weight is 260 g/mol. The van der Waals surface area contributed by atoms with Gasteiger partial charge in [0, 0.05) is 21.4 Å². The number of hydrogen-bond donors (Lipinski definition) is 1. The fraction of sp³-hybridized carbons (Fsp3) is 0.455. The van der Waals surface area contributed by atoms with Crippen LogP contribution in [0.4, 0.5) is 5.69 Å². The Balaban J connectivity index is 1.90. The Hall–Kier alpha value is -0.420. The number of anilines is 1. The number of ether oxygens (including phenoxy) is 2. The zero-order valence-corrected chi connectivity index (χ0v) is 10.4. The number of thioether (sulfide) groups is 1. The third-order valence-electron chi connectivity index (χ3n) is 2.37. The molecule has 2 rings (SSSR count). The summed E-state index contributed by atoms with van der Waals surface area (Å²) in [7, 11) is 0. The highest BCUT2D eigenvalue weighted by atomic mass is 35.5. The molecule has 16 heavy (non-hydrogen) atoms. The second kappa shape index (κ2) is 5.77. The fourth-order valence-corrected chi connectivity index (χ4v) is 2.76. The van der Waals surface area contributed by atoms with Gasteiger partial charge in [-0.05, 0) is 24.6 Å². The first-order valence-corrected chi connectivity index (χ1v) is 6.49. The van der Waals surface area contributed by atoms with Crippen LogP contribution in [0.15, 0.2) is 23.1 Å². The molecule has 1 heterocycles. The Morgan fingerprint density at radius 2 is 2.38 bits per heavy atom. The summed E-state index contributed by atoms with van der Waals surface area (Å²) < 4.78 is 10.6. The van der Waals surface area contributed by atoms with E-state index in [9.17, 15) is 0 Å². The van der Waals surface area contributed by atoms with E-state index in [0.29, 0.717) is 11.8 Å². The lowest BCUT2D eigenvalue weighted by Gasteiger charge is -2.22. The van der Waals surface area contributed by atoms with Crippen LogP contribution in [0.2, 0.25) is 5.02 Å². The van der Waals surface area contributed by atoms with Crippen LogP contribution in [-0.2, 0) is 9.47 Å². The summed E-state index contributed by atoms with van der Waals surface area (Å²) in [6.07, 6.45) is 1.19. The van der Waals surface area contributed by atoms with Gasteiger partial charge < -0.3 is 15.2 Å². The van der Waals surface area contributed by atoms with Crippen LogP contribution in [0.25, 0.3) is 0 Å². The molecule has 0 aromatic heterocycles. The number of nitrogens with two attached hydrogens (primary N) is 1. The molecule has 0 spiro atoms. The highest BCUT2D eigenvalue weighted by Gasteiger charge is 2.14. The van der Waals surface area contributed by atoms with E-state index in [2.05, 4.69) is 0 Å². The van der Waals surface area contributed by atoms with Crippen LogP contribution >= 0.6 is 23.4 Å². The van der Waals surface area contributed by atoms with Gasteiger partial charge in [0.15, 0.2) is 0 Å². The summed E-state index contributed by atoms with van der Waals surface area (Å²) in [6, 6.07) is 5.52. The van der Waals surface area contributed by atoms with E-state index in [1.54, 1.807) is 17.8 Å². The van der Waals surface area contributed by atoms with Gasteiger partial charge in [-0.1, -0.05) is 11.6 Å². The third-order valence-corrected chi connectivity index (χ3v) is 3.81. The molecule has 0 saturated carbocycles. The van der Waals surface area contributed by atoms with E-state index < -0.39 is 0 Å². The molecule has 1 aromatic rings. The topological polar surface area (TPSA) is 44.5 Å². The highest BCUT2D eigenvalue weighted by molar-refractivity contribution is 7.99. The highest BCUT2D eigenvalue weighted by Crippen LogP contribution is 2.29. The molecule has 0 amide bonds. The van der Waals surface area contributed by atoms with Gasteiger partial charge in [-0.2, -0.15) is 0 Å². The van der Waals surface area contributed by atoms with Gasteiger partial charge in [-0.25, -0.2) is 0 Å². The molecule has 0 radical (unpaired) electrons. The minimum absolute atomic E-state index is 0.247. The molecule has 5 heteroatoms. The molecule has 1 aliphatic heterocycles. The molecular formula is C11H14ClNO2S. The summed E-state index contributed by atoms with van der Waals surface area (Å²) >= 11 is 7.60. The zero-order valence-electron chi connectivity index (χ0n) is 8.82. The van der Waals surface area contributed by atoms with E-state index in [-0.39, 0.29) is 6.10 Å². The first-order chi connectivity index (χ1) is 7.75. The average Bonchev–Trinajstić information content (AvgIpc) is 2.32. The van der Waals surface area contributed by atoms with Gasteiger partial charge in [0.2, 0.25) is 0 Å². The number of rotatable bonds is 3. The van der Waals surface area contributed by atoms with Crippen LogP contribution in [0.5, 0.6) is 0 Å². The summed E-state index contributed by atoms with van der Waals surface area (Å²) in [5.41, 5.74) is 6.63. The van der Waals surface area contributed by atoms with Crippen molar-refractivity contribution in [2.45, 2.75) is 17.4 Å². The fourth-order valence-electron chi connectivity index (χ4n) is 1.45. The van der Waals surface area contributed by atoms with E-state index in [4.69, 9.17) is 26.8 Å². The lowest BCUT2D eigenvalue weighted by atomic mass is 10.3. The molecule has 1 saturated heterocycles. The number of hydrogen-bond acceptors (Lipinski definition) is 4. The van der Waals surface area contributed by atoms with Crippen LogP contribution in [0.3, 0.4) is 0 Å². The van der Waals surface area contributed by atoms with Crippen LogP contribution in [0, 0.1) is 0 Å². The summed E-state index contributed by atoms with van der Waals surface area (Å²) in [5.74, 6) is 0.883. The Labute approximate surface area is 104 Å². The Morgan fingerprint density at radius 3 is 3.12 bits per heavy atom. The second-order valence-corrected chi connectivity index (χ2v) is 5.09. The van der Waals surface area contributed by atoms with Crippen molar-refractivity contribution in [2.75, 3.05) is 24.9 Å². The van der Waals surface area contributed by atoms with Crippen molar-refractivity contribution in [3.63, 3.8) is 0 Å². The normalized spacial score (nSPS) is 20.9. The summed E-state index contributed by atoms with van der Waals surface area (Å²) in [5, 5.41) is 0.713. The Morgan fingerprint density at radius 1 is 1.50 bits per heavy atom. The summed E-state index contributed by atoms with van der Waals surface area (Å²) in [6.45, 7) is 1.17. The van der Waals surface area contributed by atoms with Crippen molar-refractivity contribution in [1.82, 2.24) is 0 Å². The largest absolute Gasteiger partial charge is 0.398 e. The SMILES string of the molecule is Nc1ccc(Cl)cc1SCC1CCOCO1. The number of halogens is 1. The molecule has 88 valence electrons. The maximum Gasteiger partial charge on any atom is 0.147 e. The zero-order chi connectivity index (χ0) is 11.4. The van der Waals surface area contributed by atoms with Crippen LogP contribution in [-0.4, -0.2) is 25.3 Å². The lowest BCUT2D eigenvalue weighted by molar-refractivity contribution is -0.130. The minimum Gasteiger partial charge on any atom is -0.398 e. The lowest BCUT2D eigenvalue weighted by Crippen LogP contribution is -2.25. The minimum atomic E-state index is 0.247. The van der Waals surface area contributed by atoms with Crippen molar-refractivity contribution in [3.05, 3.63) is 23.2 Å². The predicted octanol–water partition coefficient (Wildman–Crippen LogP) is 2.78. The Bertz CT molecular complexity index is 356. The summed E-state index contributed by atoms with van der Waals surface area (Å²) in [4.78, 5) is 1.02. The van der Waals surface area contributed by atoms with Crippen molar-refractivity contribution >= 4 is 29.1 Å². The van der Waals surface area contributed by atoms with Crippen LogP contribution < -0.4 is 5.73 Å². The van der Waals surface area contributed by atoms with Crippen molar-refractivity contribution in [2.24, 2.45) is 0 Å². The van der Waals surface area contributed by atoms with Crippen molar-refractivity contribution in [1.29, 1.82) is 0 Å². The molecular weight excluding hydrogens is 246 g/mol. The molecule has 1 aliphatic rings. The van der Waals surface area contributed by atoms with E-state index in [0.717, 1.165) is 29.4 Å². The molecule has 2 N–H and O–H groups in total. The molecule has 3 nitrogen and oxygen atoms in total. The molecule has 1 fully saturated rings. The van der Waals surface area contributed by atoms with E-state index in [1.165, 1.54) is 0 Å². The van der Waals surface area contributed by atoms with Gasteiger partial charge in [0.1, 0.15) is 6.79 Å².